The molecule has 4 N–H and O–H groups in total. The number of hydrogen-bond donors (Lipinski definition) is 4. The molecule has 4 amide bonds. The molecule has 14 nitrogen and oxygen atoms in total. The van der Waals surface area contributed by atoms with Crippen molar-refractivity contribution in [3.63, 3.8) is 0 Å². The van der Waals surface area contributed by atoms with Crippen molar-refractivity contribution in [3.8, 4) is 0 Å². The highest BCUT2D eigenvalue weighted by atomic mass is 16.5. The number of ether oxygens (including phenoxy) is 3. The van der Waals surface area contributed by atoms with Crippen molar-refractivity contribution in [2.75, 3.05) is 33.5 Å². The fourth-order valence-corrected chi connectivity index (χ4v) is 5.86. The van der Waals surface area contributed by atoms with Crippen molar-refractivity contribution in [2.24, 2.45) is 41.4 Å². The molecule has 0 spiro atoms. The standard InChI is InChI=1S/C40H68N4O10/c1-23(2)17-28(39(51)52-12)19-32(45)34(26(7)8)43-36(48)29-20-33(46)40(10,11)44-38(50)30(18-24(3)4)41-37(49)31(42-35(47)27(9)25(5)6)22-54-16-14-13-15-53-21-29/h13-14,23-31,34H,15-22H2,1-12H3,(H,41,49)(H,42,47)(H,43,48)(H,44,50)/t27-,28+,29-,30-,31-,34-/m0/s1. The van der Waals surface area contributed by atoms with Crippen LogP contribution in [-0.4, -0.2) is 98.4 Å². The quantitative estimate of drug-likeness (QED) is 0.151. The van der Waals surface area contributed by atoms with E-state index in [2.05, 4.69) is 21.3 Å². The third-order valence-electron chi connectivity index (χ3n) is 9.57. The number of carbonyl (C=O) groups is 7. The van der Waals surface area contributed by atoms with Crippen molar-refractivity contribution in [2.45, 2.75) is 126 Å². The Morgan fingerprint density at radius 2 is 1.46 bits per heavy atom. The Kier molecular flexibility index (Phi) is 20.9. The SMILES string of the molecule is COC(=O)[C@@H](CC(=O)[C@@H](NC(=O)[C@@H]1COCC=CCOC[C@H](NC(=O)[C@@H](C)C(C)C)C(=O)N[C@@H](CC(C)C)C(=O)NC(C)(C)C(=O)C1)C(C)C)CC(C)C. The van der Waals surface area contributed by atoms with Gasteiger partial charge in [0.05, 0.1) is 57.0 Å². The molecule has 6 atom stereocenters. The first kappa shape index (κ1) is 48.4. The van der Waals surface area contributed by atoms with E-state index in [1.54, 1.807) is 32.9 Å². The first-order chi connectivity index (χ1) is 25.1. The summed E-state index contributed by atoms with van der Waals surface area (Å²) >= 11 is 0. The molecule has 0 saturated carbocycles. The summed E-state index contributed by atoms with van der Waals surface area (Å²) < 4.78 is 16.5. The van der Waals surface area contributed by atoms with Crippen LogP contribution in [0.2, 0.25) is 0 Å². The van der Waals surface area contributed by atoms with E-state index in [-0.39, 0.29) is 87.0 Å². The van der Waals surface area contributed by atoms with Crippen molar-refractivity contribution in [3.05, 3.63) is 12.2 Å². The maximum atomic E-state index is 13.9. The molecule has 0 aliphatic carbocycles. The maximum Gasteiger partial charge on any atom is 0.309 e. The molecule has 0 aromatic heterocycles. The van der Waals surface area contributed by atoms with Gasteiger partial charge in [-0.2, -0.15) is 0 Å². The lowest BCUT2D eigenvalue weighted by atomic mass is 9.87. The van der Waals surface area contributed by atoms with Crippen LogP contribution in [0.4, 0.5) is 0 Å². The van der Waals surface area contributed by atoms with E-state index >= 15 is 0 Å². The van der Waals surface area contributed by atoms with Gasteiger partial charge in [0.15, 0.2) is 11.6 Å². The third kappa shape index (κ3) is 16.8. The Morgan fingerprint density at radius 1 is 0.870 bits per heavy atom. The Bertz CT molecular complexity index is 1310. The number of hydrogen-bond acceptors (Lipinski definition) is 10. The van der Waals surface area contributed by atoms with Crippen LogP contribution in [0.5, 0.6) is 0 Å². The number of carbonyl (C=O) groups excluding carboxylic acids is 7. The van der Waals surface area contributed by atoms with Crippen LogP contribution in [0.25, 0.3) is 0 Å². The van der Waals surface area contributed by atoms with Crippen LogP contribution in [0.15, 0.2) is 12.2 Å². The molecule has 1 rings (SSSR count). The van der Waals surface area contributed by atoms with Gasteiger partial charge in [0, 0.05) is 18.8 Å². The highest BCUT2D eigenvalue weighted by molar-refractivity contribution is 5.98. The van der Waals surface area contributed by atoms with Crippen LogP contribution in [0.1, 0.15) is 102 Å². The number of ketones is 2. The Labute approximate surface area is 322 Å². The summed E-state index contributed by atoms with van der Waals surface area (Å²) in [6.07, 6.45) is 3.57. The Morgan fingerprint density at radius 3 is 1.98 bits per heavy atom. The minimum absolute atomic E-state index is 0.0248. The van der Waals surface area contributed by atoms with E-state index in [0.29, 0.717) is 6.42 Å². The number of esters is 1. The lowest BCUT2D eigenvalue weighted by Gasteiger charge is -2.31. The van der Waals surface area contributed by atoms with E-state index in [4.69, 9.17) is 14.2 Å². The third-order valence-corrected chi connectivity index (χ3v) is 9.57. The van der Waals surface area contributed by atoms with Crippen LogP contribution < -0.4 is 21.3 Å². The number of methoxy groups -OCH3 is 1. The molecular weight excluding hydrogens is 696 g/mol. The minimum Gasteiger partial charge on any atom is -0.469 e. The van der Waals surface area contributed by atoms with E-state index in [0.717, 1.165) is 0 Å². The molecule has 54 heavy (non-hydrogen) atoms. The monoisotopic (exact) mass is 764 g/mol. The van der Waals surface area contributed by atoms with E-state index in [9.17, 15) is 33.6 Å². The molecule has 1 aliphatic rings. The zero-order chi connectivity index (χ0) is 41.3. The van der Waals surface area contributed by atoms with Crippen molar-refractivity contribution < 1.29 is 47.8 Å². The molecule has 0 fully saturated rings. The molecule has 0 unspecified atom stereocenters. The average Bonchev–Trinajstić information content (AvgIpc) is 3.07. The molecule has 0 aromatic carbocycles. The second-order valence-corrected chi connectivity index (χ2v) is 16.5. The van der Waals surface area contributed by atoms with Gasteiger partial charge in [-0.3, -0.25) is 33.6 Å². The largest absolute Gasteiger partial charge is 0.469 e. The van der Waals surface area contributed by atoms with Gasteiger partial charge in [0.2, 0.25) is 23.6 Å². The normalized spacial score (nSPS) is 22.4. The van der Waals surface area contributed by atoms with Gasteiger partial charge < -0.3 is 35.5 Å². The molecule has 308 valence electrons. The summed E-state index contributed by atoms with van der Waals surface area (Å²) in [7, 11) is 1.28. The van der Waals surface area contributed by atoms with Crippen LogP contribution in [0.3, 0.4) is 0 Å². The Balaban J connectivity index is 3.39. The molecule has 0 radical (unpaired) electrons. The first-order valence-corrected chi connectivity index (χ1v) is 19.3. The maximum absolute atomic E-state index is 13.9. The number of Topliss-reactive ketones (excluding diaryl/α,β-unsaturated/α-hetero) is 2. The number of amides is 4. The van der Waals surface area contributed by atoms with Gasteiger partial charge in [-0.15, -0.1) is 0 Å². The Hall–Kier alpha value is -3.65. The zero-order valence-electron chi connectivity index (χ0n) is 34.7. The summed E-state index contributed by atoms with van der Waals surface area (Å²) in [4.78, 5) is 93.9. The summed E-state index contributed by atoms with van der Waals surface area (Å²) in [5, 5.41) is 11.1. The average molecular weight is 765 g/mol. The summed E-state index contributed by atoms with van der Waals surface area (Å²) in [5.74, 6) is -5.66. The molecule has 0 bridgehead atoms. The predicted octanol–water partition coefficient (Wildman–Crippen LogP) is 3.30. The van der Waals surface area contributed by atoms with E-state index < -0.39 is 65.0 Å². The fraction of sp³-hybridized carbons (Fsp3) is 0.775. The lowest BCUT2D eigenvalue weighted by Crippen LogP contribution is -2.60. The topological polar surface area (TPSA) is 195 Å². The van der Waals surface area contributed by atoms with Gasteiger partial charge >= 0.3 is 5.97 Å². The predicted molar refractivity (Wildman–Crippen MR) is 205 cm³/mol. The van der Waals surface area contributed by atoms with Crippen molar-refractivity contribution in [1.82, 2.24) is 21.3 Å². The molecule has 0 saturated heterocycles. The minimum atomic E-state index is -1.47. The molecule has 1 heterocycles. The zero-order valence-corrected chi connectivity index (χ0v) is 34.7. The van der Waals surface area contributed by atoms with Gasteiger partial charge in [-0.25, -0.2) is 0 Å². The summed E-state index contributed by atoms with van der Waals surface area (Å²) in [5.41, 5.74) is -1.47. The smallest absolute Gasteiger partial charge is 0.309 e. The highest BCUT2D eigenvalue weighted by Crippen LogP contribution is 2.21. The first-order valence-electron chi connectivity index (χ1n) is 19.3. The summed E-state index contributed by atoms with van der Waals surface area (Å²) in [6.45, 7) is 19.6. The van der Waals surface area contributed by atoms with Gasteiger partial charge in [0.1, 0.15) is 12.1 Å². The number of nitrogens with one attached hydrogen (secondary N) is 4. The summed E-state index contributed by atoms with van der Waals surface area (Å²) in [6, 6.07) is -3.07. The molecule has 14 heteroatoms. The lowest BCUT2D eigenvalue weighted by molar-refractivity contribution is -0.148. The molecule has 0 aromatic rings. The van der Waals surface area contributed by atoms with Crippen molar-refractivity contribution >= 4 is 41.2 Å². The molecular formula is C40H68N4O10. The van der Waals surface area contributed by atoms with Crippen LogP contribution in [0, 0.1) is 41.4 Å². The van der Waals surface area contributed by atoms with E-state index in [1.807, 2.05) is 41.5 Å². The van der Waals surface area contributed by atoms with Gasteiger partial charge in [0.25, 0.3) is 0 Å². The molecule has 1 aliphatic heterocycles. The second kappa shape index (κ2) is 23.3. The van der Waals surface area contributed by atoms with Gasteiger partial charge in [-0.05, 0) is 50.4 Å². The second-order valence-electron chi connectivity index (χ2n) is 16.5. The van der Waals surface area contributed by atoms with E-state index in [1.165, 1.54) is 21.0 Å². The van der Waals surface area contributed by atoms with Gasteiger partial charge in [-0.1, -0.05) is 74.5 Å². The highest BCUT2D eigenvalue weighted by Gasteiger charge is 2.38. The van der Waals surface area contributed by atoms with Crippen molar-refractivity contribution in [1.29, 1.82) is 0 Å². The number of rotatable bonds is 14. The van der Waals surface area contributed by atoms with Crippen LogP contribution >= 0.6 is 0 Å². The van der Waals surface area contributed by atoms with Crippen LogP contribution in [-0.2, 0) is 47.8 Å². The fourth-order valence-electron chi connectivity index (χ4n) is 5.86.